The van der Waals surface area contributed by atoms with Crippen LogP contribution < -0.4 is 4.57 Å². The van der Waals surface area contributed by atoms with Crippen LogP contribution in [-0.2, 0) is 23.1 Å². The second-order valence-corrected chi connectivity index (χ2v) is 7.17. The molecule has 1 aromatic carbocycles. The third kappa shape index (κ3) is 7.47. The molecule has 0 aliphatic heterocycles. The van der Waals surface area contributed by atoms with Crippen molar-refractivity contribution < 1.29 is 27.4 Å². The molecule has 1 aromatic heterocycles. The maximum atomic E-state index is 12.1. The summed E-state index contributed by atoms with van der Waals surface area (Å²) in [7, 11) is -3.92. The predicted molar refractivity (Wildman–Crippen MR) is 86.4 cm³/mol. The van der Waals surface area contributed by atoms with Gasteiger partial charge in [0.1, 0.15) is 0 Å². The van der Waals surface area contributed by atoms with Gasteiger partial charge in [0.05, 0.1) is 15.0 Å². The van der Waals surface area contributed by atoms with Gasteiger partial charge in [0.25, 0.3) is 0 Å². The molecule has 0 saturated heterocycles. The van der Waals surface area contributed by atoms with Crippen molar-refractivity contribution in [3.05, 3.63) is 52.0 Å². The van der Waals surface area contributed by atoms with Crippen molar-refractivity contribution >= 4 is 27.2 Å². The summed E-state index contributed by atoms with van der Waals surface area (Å²) in [6, 6.07) is 9.31. The molecule has 0 bridgehead atoms. The molecule has 0 saturated carbocycles. The summed E-state index contributed by atoms with van der Waals surface area (Å²) in [4.78, 5) is 13.2. The Kier molecular flexibility index (Phi) is 7.50. The van der Waals surface area contributed by atoms with E-state index in [0.29, 0.717) is 19.2 Å². The van der Waals surface area contributed by atoms with Crippen molar-refractivity contribution in [2.24, 2.45) is 0 Å². The number of nitrogens with zero attached hydrogens (tertiary/aromatic N) is 1. The minimum atomic E-state index is -3.92. The first-order valence-corrected chi connectivity index (χ1v) is 9.48. The average molecular weight is 357 g/mol. The average Bonchev–Trinajstić information content (AvgIpc) is 2.80. The molecule has 23 heavy (non-hydrogen) atoms. The van der Waals surface area contributed by atoms with E-state index in [1.807, 2.05) is 47.3 Å². The Balaban J connectivity index is 0.000000463. The quantitative estimate of drug-likeness (QED) is 0.487. The third-order valence-electron chi connectivity index (χ3n) is 2.91. The number of aliphatic hydroxyl groups excluding tert-OH is 1. The van der Waals surface area contributed by atoms with Gasteiger partial charge in [-0.15, -0.1) is 0 Å². The van der Waals surface area contributed by atoms with E-state index in [0.717, 1.165) is 16.1 Å². The van der Waals surface area contributed by atoms with E-state index < -0.39 is 10.1 Å². The second kappa shape index (κ2) is 8.88. The summed E-state index contributed by atoms with van der Waals surface area (Å²) in [5.41, 5.74) is 3.75. The summed E-state index contributed by atoms with van der Waals surface area (Å²) in [5, 5.41) is 8.94. The van der Waals surface area contributed by atoms with Crippen LogP contribution in [-0.4, -0.2) is 36.7 Å². The summed E-state index contributed by atoms with van der Waals surface area (Å²) in [5.74, 6) is 0.108. The Bertz CT molecular complexity index is 730. The maximum Gasteiger partial charge on any atom is 0.227 e. The Morgan fingerprint density at radius 1 is 1.30 bits per heavy atom. The van der Waals surface area contributed by atoms with Crippen molar-refractivity contribution in [1.82, 2.24) is 0 Å². The van der Waals surface area contributed by atoms with Crippen LogP contribution in [0.1, 0.15) is 20.9 Å². The van der Waals surface area contributed by atoms with Gasteiger partial charge in [-0.05, 0) is 0 Å². The minimum Gasteiger partial charge on any atom is -0.748 e. The van der Waals surface area contributed by atoms with Crippen molar-refractivity contribution in [3.63, 3.8) is 0 Å². The normalized spacial score (nSPS) is 10.8. The molecule has 0 fully saturated rings. The lowest BCUT2D eigenvalue weighted by Gasteiger charge is -1.97. The summed E-state index contributed by atoms with van der Waals surface area (Å²) >= 11 is 1.59. The smallest absolute Gasteiger partial charge is 0.227 e. The summed E-state index contributed by atoms with van der Waals surface area (Å²) in [6.07, 6.45) is 1.26. The van der Waals surface area contributed by atoms with E-state index in [1.165, 1.54) is 0 Å². The van der Waals surface area contributed by atoms with Gasteiger partial charge in [-0.2, -0.15) is 4.57 Å². The zero-order chi connectivity index (χ0) is 17.5. The van der Waals surface area contributed by atoms with Crippen LogP contribution in [0, 0.1) is 6.92 Å². The molecule has 0 spiro atoms. The molecule has 126 valence electrons. The van der Waals surface area contributed by atoms with Crippen LogP contribution in [0.4, 0.5) is 0 Å². The monoisotopic (exact) mass is 357 g/mol. The second-order valence-electron chi connectivity index (χ2n) is 4.83. The van der Waals surface area contributed by atoms with Crippen molar-refractivity contribution in [1.29, 1.82) is 0 Å². The maximum absolute atomic E-state index is 12.1. The van der Waals surface area contributed by atoms with Crippen LogP contribution >= 0.6 is 11.3 Å². The summed E-state index contributed by atoms with van der Waals surface area (Å²) in [6.45, 7) is 2.49. The molecule has 0 atom stereocenters. The van der Waals surface area contributed by atoms with E-state index >= 15 is 0 Å². The number of Topliss-reactive ketones (excluding diaryl/α,β-unsaturated/α-hetero) is 1. The molecule has 0 unspecified atom stereocenters. The lowest BCUT2D eigenvalue weighted by atomic mass is 10.1. The number of hydrogen-bond acceptors (Lipinski definition) is 6. The Morgan fingerprint density at radius 3 is 2.39 bits per heavy atom. The molecular weight excluding hydrogens is 338 g/mol. The third-order valence-corrected chi connectivity index (χ3v) is 4.05. The molecular formula is C15H19NO5S2. The Morgan fingerprint density at radius 2 is 1.87 bits per heavy atom. The van der Waals surface area contributed by atoms with Crippen LogP contribution in [0.3, 0.4) is 0 Å². The highest BCUT2D eigenvalue weighted by molar-refractivity contribution is 7.84. The number of aromatic nitrogens is 1. The minimum absolute atomic E-state index is 0.108. The number of carbonyl (C=O) groups is 1. The number of thiazole rings is 1. The van der Waals surface area contributed by atoms with Crippen LogP contribution in [0.15, 0.2) is 35.8 Å². The Hall–Kier alpha value is -1.61. The standard InChI is InChI=1S/C14H16NO2S.CH4O3S/c1-11-14(7-8-16)18-10-15(11)9-13(17)12-5-3-2-4-6-12;1-5(2,3)4/h2-6,10,16H,7-9H2,1H3;1H3,(H,2,3,4)/q+1;/p-1. The molecule has 0 aliphatic rings. The van der Waals surface area contributed by atoms with E-state index in [4.69, 9.17) is 18.1 Å². The van der Waals surface area contributed by atoms with Gasteiger partial charge < -0.3 is 9.66 Å². The largest absolute Gasteiger partial charge is 0.748 e. The highest BCUT2D eigenvalue weighted by Gasteiger charge is 2.18. The fourth-order valence-electron chi connectivity index (χ4n) is 1.82. The molecule has 0 aliphatic carbocycles. The zero-order valence-electron chi connectivity index (χ0n) is 12.9. The zero-order valence-corrected chi connectivity index (χ0v) is 14.6. The summed E-state index contributed by atoms with van der Waals surface area (Å²) < 4.78 is 29.2. The van der Waals surface area contributed by atoms with E-state index in [-0.39, 0.29) is 12.4 Å². The first kappa shape index (κ1) is 19.4. The predicted octanol–water partition coefficient (Wildman–Crippen LogP) is 0.923. The number of rotatable bonds is 5. The number of ketones is 1. The first-order valence-electron chi connectivity index (χ1n) is 6.78. The van der Waals surface area contributed by atoms with Crippen molar-refractivity contribution in [2.45, 2.75) is 19.9 Å². The first-order chi connectivity index (χ1) is 10.7. The molecule has 1 heterocycles. The van der Waals surface area contributed by atoms with Gasteiger partial charge >= 0.3 is 0 Å². The Labute approximate surface area is 139 Å². The number of hydrogen-bond donors (Lipinski definition) is 1. The lowest BCUT2D eigenvalue weighted by molar-refractivity contribution is -0.684. The van der Waals surface area contributed by atoms with Crippen LogP contribution in [0.2, 0.25) is 0 Å². The van der Waals surface area contributed by atoms with Gasteiger partial charge in [-0.1, -0.05) is 41.7 Å². The highest BCUT2D eigenvalue weighted by atomic mass is 32.2. The molecule has 0 amide bonds. The fraction of sp³-hybridized carbons (Fsp3) is 0.333. The molecule has 8 heteroatoms. The van der Waals surface area contributed by atoms with Crippen molar-refractivity contribution in [3.8, 4) is 0 Å². The van der Waals surface area contributed by atoms with E-state index in [1.54, 1.807) is 11.3 Å². The van der Waals surface area contributed by atoms with E-state index in [2.05, 4.69) is 0 Å². The van der Waals surface area contributed by atoms with Gasteiger partial charge in [-0.3, -0.25) is 4.79 Å². The molecule has 1 N–H and O–H groups in total. The fourth-order valence-corrected chi connectivity index (χ4v) is 2.80. The molecule has 0 radical (unpaired) electrons. The highest BCUT2D eigenvalue weighted by Crippen LogP contribution is 2.11. The topological polar surface area (TPSA) is 98.4 Å². The number of carbonyl (C=O) groups excluding carboxylic acids is 1. The van der Waals surface area contributed by atoms with Gasteiger partial charge in [-0.25, -0.2) is 8.42 Å². The number of aliphatic hydroxyl groups is 1. The molecule has 2 aromatic rings. The van der Waals surface area contributed by atoms with E-state index in [9.17, 15) is 4.79 Å². The molecule has 6 nitrogen and oxygen atoms in total. The van der Waals surface area contributed by atoms with Crippen molar-refractivity contribution in [2.75, 3.05) is 12.9 Å². The van der Waals surface area contributed by atoms with Crippen LogP contribution in [0.25, 0.3) is 0 Å². The lowest BCUT2D eigenvalue weighted by Crippen LogP contribution is -2.38. The molecule has 2 rings (SSSR count). The van der Waals surface area contributed by atoms with Gasteiger partial charge in [0.2, 0.25) is 17.8 Å². The van der Waals surface area contributed by atoms with Crippen LogP contribution in [0.5, 0.6) is 0 Å². The number of benzene rings is 1. The van der Waals surface area contributed by atoms with Gasteiger partial charge in [0.15, 0.2) is 5.69 Å². The van der Waals surface area contributed by atoms with Gasteiger partial charge in [0, 0.05) is 31.8 Å². The SMILES string of the molecule is CS(=O)(=O)[O-].Cc1c(CCO)sc[n+]1CC(=O)c1ccccc1.